The van der Waals surface area contributed by atoms with Gasteiger partial charge in [0.2, 0.25) is 0 Å². The standard InChI is InChI=1S/C22H24N6O4/c1-22(2,31)13-32-17-7-18(20-15(8-23)10-25-28(20)12-17)14-3-4-19(24-9-14)27-6-5-16(11-27)26-21(29)30/h3-4,7,9-10,12,16,26,31H,5-6,11,13H2,1-2H3,(H,29,30). The van der Waals surface area contributed by atoms with Crippen molar-refractivity contribution in [2.45, 2.75) is 31.9 Å². The SMILES string of the molecule is CC(C)(O)COc1cc(-c2ccc(N3CCC(NC(=O)O)C3)nc2)c2c(C#N)cnn2c1. The van der Waals surface area contributed by atoms with Crippen LogP contribution in [-0.4, -0.2) is 62.2 Å². The number of carboxylic acid groups (broad SMARTS) is 1. The second kappa shape index (κ2) is 8.36. The third kappa shape index (κ3) is 4.58. The van der Waals surface area contributed by atoms with E-state index in [1.807, 2.05) is 23.1 Å². The van der Waals surface area contributed by atoms with Crippen LogP contribution < -0.4 is 15.0 Å². The fraction of sp³-hybridized carbons (Fsp3) is 0.364. The lowest BCUT2D eigenvalue weighted by atomic mass is 10.1. The fourth-order valence-electron chi connectivity index (χ4n) is 3.73. The number of ether oxygens (including phenoxy) is 1. The average Bonchev–Trinajstić information content (AvgIpc) is 3.37. The topological polar surface area (TPSA) is 136 Å². The first kappa shape index (κ1) is 21.4. The number of aliphatic hydroxyl groups is 1. The highest BCUT2D eigenvalue weighted by Crippen LogP contribution is 2.32. The van der Waals surface area contributed by atoms with Gasteiger partial charge in [-0.05, 0) is 38.5 Å². The highest BCUT2D eigenvalue weighted by atomic mass is 16.5. The van der Waals surface area contributed by atoms with E-state index in [0.717, 1.165) is 23.4 Å². The number of aromatic nitrogens is 3. The van der Waals surface area contributed by atoms with Crippen molar-refractivity contribution in [2.75, 3.05) is 24.6 Å². The van der Waals surface area contributed by atoms with Gasteiger partial charge in [-0.3, -0.25) is 0 Å². The number of nitrogens with zero attached hydrogens (tertiary/aromatic N) is 5. The van der Waals surface area contributed by atoms with Gasteiger partial charge in [0, 0.05) is 30.4 Å². The first-order chi connectivity index (χ1) is 15.2. The lowest BCUT2D eigenvalue weighted by Crippen LogP contribution is -2.36. The molecule has 0 aromatic carbocycles. The van der Waals surface area contributed by atoms with Crippen LogP contribution in [0.4, 0.5) is 10.6 Å². The van der Waals surface area contributed by atoms with Gasteiger partial charge in [-0.25, -0.2) is 14.3 Å². The number of carbonyl (C=O) groups is 1. The number of anilines is 1. The number of fused-ring (bicyclic) bond motifs is 1. The number of pyridine rings is 2. The Morgan fingerprint density at radius 2 is 2.22 bits per heavy atom. The van der Waals surface area contributed by atoms with Crippen LogP contribution in [0.5, 0.6) is 5.75 Å². The molecule has 0 aliphatic carbocycles. The van der Waals surface area contributed by atoms with E-state index in [9.17, 15) is 15.2 Å². The maximum Gasteiger partial charge on any atom is 0.404 e. The highest BCUT2D eigenvalue weighted by molar-refractivity contribution is 5.85. The van der Waals surface area contributed by atoms with Crippen molar-refractivity contribution in [3.8, 4) is 22.9 Å². The first-order valence-electron chi connectivity index (χ1n) is 10.2. The molecule has 3 aromatic rings. The molecule has 0 saturated carbocycles. The first-order valence-corrected chi connectivity index (χ1v) is 10.2. The minimum absolute atomic E-state index is 0.0992. The van der Waals surface area contributed by atoms with E-state index in [0.29, 0.717) is 29.9 Å². The van der Waals surface area contributed by atoms with Gasteiger partial charge < -0.3 is 25.2 Å². The lowest BCUT2D eigenvalue weighted by molar-refractivity contribution is 0.0283. The van der Waals surface area contributed by atoms with E-state index in [4.69, 9.17) is 9.84 Å². The molecule has 0 spiro atoms. The molecule has 4 heterocycles. The van der Waals surface area contributed by atoms with E-state index in [1.54, 1.807) is 30.8 Å². The van der Waals surface area contributed by atoms with E-state index >= 15 is 0 Å². The number of rotatable bonds is 6. The Labute approximate surface area is 184 Å². The third-order valence-electron chi connectivity index (χ3n) is 5.20. The van der Waals surface area contributed by atoms with Gasteiger partial charge in [0.25, 0.3) is 0 Å². The van der Waals surface area contributed by atoms with Gasteiger partial charge in [0.1, 0.15) is 24.2 Å². The Morgan fingerprint density at radius 1 is 1.41 bits per heavy atom. The molecule has 10 nitrogen and oxygen atoms in total. The van der Waals surface area contributed by atoms with Gasteiger partial charge in [-0.2, -0.15) is 10.4 Å². The molecule has 1 aliphatic rings. The van der Waals surface area contributed by atoms with Gasteiger partial charge >= 0.3 is 6.09 Å². The van der Waals surface area contributed by atoms with Crippen LogP contribution in [0.15, 0.2) is 36.8 Å². The molecule has 3 aromatic heterocycles. The van der Waals surface area contributed by atoms with Gasteiger partial charge in [0.15, 0.2) is 0 Å². The molecule has 1 amide bonds. The summed E-state index contributed by atoms with van der Waals surface area (Å²) in [7, 11) is 0. The van der Waals surface area contributed by atoms with Crippen molar-refractivity contribution >= 4 is 17.4 Å². The number of nitriles is 1. The number of hydrogen-bond acceptors (Lipinski definition) is 7. The Balaban J connectivity index is 1.64. The summed E-state index contributed by atoms with van der Waals surface area (Å²) >= 11 is 0. The number of hydrogen-bond donors (Lipinski definition) is 3. The molecule has 0 radical (unpaired) electrons. The minimum atomic E-state index is -1.02. The smallest absolute Gasteiger partial charge is 0.404 e. The summed E-state index contributed by atoms with van der Waals surface area (Å²) in [6, 6.07) is 7.63. The molecule has 4 rings (SSSR count). The van der Waals surface area contributed by atoms with Crippen LogP contribution in [0, 0.1) is 11.3 Å². The zero-order valence-electron chi connectivity index (χ0n) is 17.8. The average molecular weight is 436 g/mol. The highest BCUT2D eigenvalue weighted by Gasteiger charge is 2.25. The summed E-state index contributed by atoms with van der Waals surface area (Å²) in [6.07, 6.45) is 4.59. The normalized spacial score (nSPS) is 16.2. The molecule has 1 fully saturated rings. The molecule has 10 heteroatoms. The van der Waals surface area contributed by atoms with Crippen molar-refractivity contribution < 1.29 is 19.7 Å². The summed E-state index contributed by atoms with van der Waals surface area (Å²) in [5.74, 6) is 1.26. The van der Waals surface area contributed by atoms with Crippen LogP contribution in [0.25, 0.3) is 16.6 Å². The van der Waals surface area contributed by atoms with Gasteiger partial charge in [-0.15, -0.1) is 0 Å². The van der Waals surface area contributed by atoms with Gasteiger partial charge in [0.05, 0.1) is 35.1 Å². The summed E-state index contributed by atoms with van der Waals surface area (Å²) in [5, 5.41) is 35.2. The van der Waals surface area contributed by atoms with E-state index in [1.165, 1.54) is 6.20 Å². The zero-order chi connectivity index (χ0) is 22.9. The molecule has 1 atom stereocenters. The van der Waals surface area contributed by atoms with Crippen molar-refractivity contribution in [2.24, 2.45) is 0 Å². The molecular formula is C22H24N6O4. The Bertz CT molecular complexity index is 1180. The van der Waals surface area contributed by atoms with Crippen LogP contribution in [-0.2, 0) is 0 Å². The monoisotopic (exact) mass is 436 g/mol. The molecule has 0 bridgehead atoms. The third-order valence-corrected chi connectivity index (χ3v) is 5.20. The van der Waals surface area contributed by atoms with E-state index in [2.05, 4.69) is 21.5 Å². The van der Waals surface area contributed by atoms with E-state index in [-0.39, 0.29) is 12.6 Å². The summed E-state index contributed by atoms with van der Waals surface area (Å²) in [4.78, 5) is 17.5. The van der Waals surface area contributed by atoms with Crippen molar-refractivity contribution in [1.29, 1.82) is 5.26 Å². The molecular weight excluding hydrogens is 412 g/mol. The maximum absolute atomic E-state index is 10.9. The Morgan fingerprint density at radius 3 is 2.88 bits per heavy atom. The Hall–Kier alpha value is -3.84. The van der Waals surface area contributed by atoms with Crippen molar-refractivity contribution in [1.82, 2.24) is 19.9 Å². The van der Waals surface area contributed by atoms with Crippen LogP contribution in [0.1, 0.15) is 25.8 Å². The molecule has 1 aliphatic heterocycles. The quantitative estimate of drug-likeness (QED) is 0.535. The number of nitrogens with one attached hydrogen (secondary N) is 1. The van der Waals surface area contributed by atoms with Gasteiger partial charge in [-0.1, -0.05) is 0 Å². The molecule has 1 unspecified atom stereocenters. The Kier molecular flexibility index (Phi) is 5.59. The van der Waals surface area contributed by atoms with E-state index < -0.39 is 11.7 Å². The fourth-order valence-corrected chi connectivity index (χ4v) is 3.73. The molecule has 166 valence electrons. The largest absolute Gasteiger partial charge is 0.489 e. The summed E-state index contributed by atoms with van der Waals surface area (Å²) in [6.45, 7) is 4.69. The van der Waals surface area contributed by atoms with Crippen LogP contribution >= 0.6 is 0 Å². The molecule has 3 N–H and O–H groups in total. The second-order valence-corrected chi connectivity index (χ2v) is 8.44. The summed E-state index contributed by atoms with van der Waals surface area (Å²) in [5.41, 5.74) is 1.59. The molecule has 1 saturated heterocycles. The van der Waals surface area contributed by atoms with Crippen LogP contribution in [0.3, 0.4) is 0 Å². The van der Waals surface area contributed by atoms with Crippen molar-refractivity contribution in [3.05, 3.63) is 42.4 Å². The maximum atomic E-state index is 10.9. The second-order valence-electron chi connectivity index (χ2n) is 8.44. The van der Waals surface area contributed by atoms with Crippen molar-refractivity contribution in [3.63, 3.8) is 0 Å². The predicted molar refractivity (Wildman–Crippen MR) is 117 cm³/mol. The number of amides is 1. The van der Waals surface area contributed by atoms with Crippen LogP contribution in [0.2, 0.25) is 0 Å². The summed E-state index contributed by atoms with van der Waals surface area (Å²) < 4.78 is 7.34. The molecule has 32 heavy (non-hydrogen) atoms. The lowest BCUT2D eigenvalue weighted by Gasteiger charge is -2.19. The predicted octanol–water partition coefficient (Wildman–Crippen LogP) is 2.26. The minimum Gasteiger partial charge on any atom is -0.489 e. The zero-order valence-corrected chi connectivity index (χ0v) is 17.8.